The number of para-hydroxylation sites is 1. The summed E-state index contributed by atoms with van der Waals surface area (Å²) < 4.78 is 0. The molecule has 2 nitrogen and oxygen atoms in total. The minimum Gasteiger partial charge on any atom is -0.326 e. The molecule has 2 aromatic rings. The van der Waals surface area contributed by atoms with Crippen LogP contribution >= 0.6 is 0 Å². The Morgan fingerprint density at radius 2 is 1.60 bits per heavy atom. The molecule has 0 saturated carbocycles. The van der Waals surface area contributed by atoms with Gasteiger partial charge >= 0.3 is 0 Å². The number of benzene rings is 2. The third kappa shape index (κ3) is 2.64. The van der Waals surface area contributed by atoms with Crippen LogP contribution in [-0.4, -0.2) is 5.91 Å². The second kappa shape index (κ2) is 5.74. The Morgan fingerprint density at radius 3 is 2.30 bits per heavy atom. The molecule has 0 bridgehead atoms. The highest BCUT2D eigenvalue weighted by atomic mass is 16.1. The minimum absolute atomic E-state index is 0.0439. The highest BCUT2D eigenvalue weighted by Gasteiger charge is 2.27. The van der Waals surface area contributed by atoms with E-state index in [0.717, 1.165) is 29.7 Å². The predicted molar refractivity (Wildman–Crippen MR) is 82.2 cm³/mol. The van der Waals surface area contributed by atoms with Crippen LogP contribution in [0.1, 0.15) is 18.4 Å². The molecule has 1 amide bonds. The van der Waals surface area contributed by atoms with Crippen molar-refractivity contribution in [2.75, 3.05) is 5.32 Å². The van der Waals surface area contributed by atoms with E-state index in [4.69, 9.17) is 0 Å². The molecule has 20 heavy (non-hydrogen) atoms. The maximum Gasteiger partial charge on any atom is 0.231 e. The second-order valence-corrected chi connectivity index (χ2v) is 5.01. The summed E-state index contributed by atoms with van der Waals surface area (Å²) in [5, 5.41) is 3.00. The largest absolute Gasteiger partial charge is 0.326 e. The molecule has 3 rings (SSSR count). The summed E-state index contributed by atoms with van der Waals surface area (Å²) in [6.45, 7) is 0. The standard InChI is InChI=1S/C18H17NO/c20-18(19-15-10-5-2-6-11-15)17-13-7-12-16(17)14-8-3-1-4-9-14/h1-6,8-12,17H,7,13H2,(H,19,20). The van der Waals surface area contributed by atoms with Crippen molar-refractivity contribution < 1.29 is 4.79 Å². The van der Waals surface area contributed by atoms with Gasteiger partial charge in [0.1, 0.15) is 0 Å². The quantitative estimate of drug-likeness (QED) is 0.886. The first kappa shape index (κ1) is 12.7. The van der Waals surface area contributed by atoms with E-state index < -0.39 is 0 Å². The van der Waals surface area contributed by atoms with Crippen molar-refractivity contribution in [2.24, 2.45) is 5.92 Å². The van der Waals surface area contributed by atoms with Crippen LogP contribution in [0.15, 0.2) is 66.7 Å². The van der Waals surface area contributed by atoms with Gasteiger partial charge < -0.3 is 5.32 Å². The topological polar surface area (TPSA) is 29.1 Å². The second-order valence-electron chi connectivity index (χ2n) is 5.01. The number of carbonyl (C=O) groups is 1. The van der Waals surface area contributed by atoms with Gasteiger partial charge in [-0.25, -0.2) is 0 Å². The normalized spacial score (nSPS) is 17.6. The van der Waals surface area contributed by atoms with E-state index in [-0.39, 0.29) is 11.8 Å². The van der Waals surface area contributed by atoms with Crippen LogP contribution in [0.2, 0.25) is 0 Å². The van der Waals surface area contributed by atoms with Crippen LogP contribution in [0.25, 0.3) is 5.57 Å². The van der Waals surface area contributed by atoms with Gasteiger partial charge in [0.05, 0.1) is 5.92 Å². The molecule has 0 spiro atoms. The third-order valence-electron chi connectivity index (χ3n) is 3.66. The molecule has 1 atom stereocenters. The van der Waals surface area contributed by atoms with E-state index in [0.29, 0.717) is 0 Å². The number of allylic oxidation sites excluding steroid dienone is 1. The number of amides is 1. The number of hydrogen-bond donors (Lipinski definition) is 1. The van der Waals surface area contributed by atoms with Crippen molar-refractivity contribution in [2.45, 2.75) is 12.8 Å². The van der Waals surface area contributed by atoms with Gasteiger partial charge in [0.15, 0.2) is 0 Å². The zero-order chi connectivity index (χ0) is 13.8. The molecule has 1 unspecified atom stereocenters. The third-order valence-corrected chi connectivity index (χ3v) is 3.66. The van der Waals surface area contributed by atoms with Gasteiger partial charge in [-0.2, -0.15) is 0 Å². The number of nitrogens with one attached hydrogen (secondary N) is 1. The average molecular weight is 263 g/mol. The molecule has 1 aliphatic carbocycles. The van der Waals surface area contributed by atoms with Gasteiger partial charge in [-0.1, -0.05) is 54.6 Å². The Labute approximate surface area is 119 Å². The molecule has 2 heteroatoms. The highest BCUT2D eigenvalue weighted by Crippen LogP contribution is 2.34. The van der Waals surface area contributed by atoms with Crippen molar-refractivity contribution in [1.82, 2.24) is 0 Å². The lowest BCUT2D eigenvalue weighted by molar-refractivity contribution is -0.118. The fourth-order valence-electron chi connectivity index (χ4n) is 2.68. The SMILES string of the molecule is O=C(Nc1ccccc1)C1CCC=C1c1ccccc1. The smallest absolute Gasteiger partial charge is 0.231 e. The van der Waals surface area contributed by atoms with Crippen LogP contribution in [0.3, 0.4) is 0 Å². The molecule has 0 fully saturated rings. The molecule has 0 saturated heterocycles. The molecule has 1 N–H and O–H groups in total. The van der Waals surface area contributed by atoms with E-state index in [1.54, 1.807) is 0 Å². The number of anilines is 1. The van der Waals surface area contributed by atoms with Crippen molar-refractivity contribution in [3.63, 3.8) is 0 Å². The Hall–Kier alpha value is -2.35. The molecule has 2 aromatic carbocycles. The summed E-state index contributed by atoms with van der Waals surface area (Å²) in [5.41, 5.74) is 3.16. The number of carbonyl (C=O) groups excluding carboxylic acids is 1. The zero-order valence-corrected chi connectivity index (χ0v) is 11.3. The van der Waals surface area contributed by atoms with Gasteiger partial charge in [0.2, 0.25) is 5.91 Å². The van der Waals surface area contributed by atoms with Crippen LogP contribution in [0.4, 0.5) is 5.69 Å². The summed E-state index contributed by atoms with van der Waals surface area (Å²) in [4.78, 5) is 12.4. The maximum atomic E-state index is 12.4. The van der Waals surface area contributed by atoms with Crippen molar-refractivity contribution >= 4 is 17.2 Å². The van der Waals surface area contributed by atoms with Crippen LogP contribution in [0.5, 0.6) is 0 Å². The zero-order valence-electron chi connectivity index (χ0n) is 11.3. The summed E-state index contributed by atoms with van der Waals surface area (Å²) >= 11 is 0. The van der Waals surface area contributed by atoms with Crippen LogP contribution in [-0.2, 0) is 4.79 Å². The first-order valence-electron chi connectivity index (χ1n) is 6.96. The molecular formula is C18H17NO. The van der Waals surface area contributed by atoms with Gasteiger partial charge in [0, 0.05) is 5.69 Å². The van der Waals surface area contributed by atoms with E-state index in [2.05, 4.69) is 23.5 Å². The molecule has 0 heterocycles. The Balaban J connectivity index is 1.77. The average Bonchev–Trinajstić information content (AvgIpc) is 2.99. The van der Waals surface area contributed by atoms with Gasteiger partial charge in [-0.15, -0.1) is 0 Å². The fraction of sp³-hybridized carbons (Fsp3) is 0.167. The number of hydrogen-bond acceptors (Lipinski definition) is 1. The van der Waals surface area contributed by atoms with E-state index in [1.807, 2.05) is 48.5 Å². The lowest BCUT2D eigenvalue weighted by Crippen LogP contribution is -2.22. The van der Waals surface area contributed by atoms with Crippen LogP contribution in [0, 0.1) is 5.92 Å². The Kier molecular flexibility index (Phi) is 3.64. The molecular weight excluding hydrogens is 246 g/mol. The Morgan fingerprint density at radius 1 is 0.950 bits per heavy atom. The van der Waals surface area contributed by atoms with E-state index in [1.165, 1.54) is 0 Å². The maximum absolute atomic E-state index is 12.4. The first-order chi connectivity index (χ1) is 9.84. The Bertz CT molecular complexity index is 616. The van der Waals surface area contributed by atoms with Crippen molar-refractivity contribution in [1.29, 1.82) is 0 Å². The van der Waals surface area contributed by atoms with Crippen molar-refractivity contribution in [3.05, 3.63) is 72.3 Å². The minimum atomic E-state index is -0.0439. The molecule has 1 aliphatic rings. The lowest BCUT2D eigenvalue weighted by atomic mass is 9.94. The highest BCUT2D eigenvalue weighted by molar-refractivity contribution is 6.01. The van der Waals surface area contributed by atoms with Crippen molar-refractivity contribution in [3.8, 4) is 0 Å². The predicted octanol–water partition coefficient (Wildman–Crippen LogP) is 4.12. The fourth-order valence-corrected chi connectivity index (χ4v) is 2.68. The van der Waals surface area contributed by atoms with Gasteiger partial charge in [-0.3, -0.25) is 4.79 Å². The summed E-state index contributed by atoms with van der Waals surface area (Å²) in [5.74, 6) is 0.0430. The van der Waals surface area contributed by atoms with Gasteiger partial charge in [-0.05, 0) is 36.1 Å². The first-order valence-corrected chi connectivity index (χ1v) is 6.96. The summed E-state index contributed by atoms with van der Waals surface area (Å²) in [6, 6.07) is 19.8. The molecule has 100 valence electrons. The van der Waals surface area contributed by atoms with Crippen LogP contribution < -0.4 is 5.32 Å². The van der Waals surface area contributed by atoms with E-state index in [9.17, 15) is 4.79 Å². The molecule has 0 radical (unpaired) electrons. The molecule has 0 aliphatic heterocycles. The lowest BCUT2D eigenvalue weighted by Gasteiger charge is -2.15. The number of rotatable bonds is 3. The summed E-state index contributed by atoms with van der Waals surface area (Å²) in [7, 11) is 0. The monoisotopic (exact) mass is 263 g/mol. The van der Waals surface area contributed by atoms with E-state index >= 15 is 0 Å². The molecule has 0 aromatic heterocycles. The summed E-state index contributed by atoms with van der Waals surface area (Å²) in [6.07, 6.45) is 4.05. The van der Waals surface area contributed by atoms with Gasteiger partial charge in [0.25, 0.3) is 0 Å².